The molecular formula is C33H37N5O. The van der Waals surface area contributed by atoms with Crippen LogP contribution in [0.25, 0.3) is 11.4 Å². The molecule has 1 saturated heterocycles. The van der Waals surface area contributed by atoms with E-state index in [4.69, 9.17) is 4.98 Å². The van der Waals surface area contributed by atoms with Gasteiger partial charge in [-0.2, -0.15) is 0 Å². The lowest BCUT2D eigenvalue weighted by molar-refractivity contribution is 0.102. The third kappa shape index (κ3) is 6.33. The van der Waals surface area contributed by atoms with E-state index in [1.807, 2.05) is 49.4 Å². The van der Waals surface area contributed by atoms with E-state index in [1.54, 1.807) is 6.33 Å². The molecule has 6 heteroatoms. The Labute approximate surface area is 231 Å². The van der Waals surface area contributed by atoms with Crippen LogP contribution in [0.2, 0.25) is 0 Å². The number of carbonyl (C=O) groups excluding carboxylic acids is 1. The Morgan fingerprint density at radius 3 is 2.31 bits per heavy atom. The predicted molar refractivity (Wildman–Crippen MR) is 158 cm³/mol. The Bertz CT molecular complexity index is 1430. The Morgan fingerprint density at radius 2 is 1.62 bits per heavy atom. The van der Waals surface area contributed by atoms with Crippen molar-refractivity contribution in [3.8, 4) is 11.4 Å². The minimum atomic E-state index is -0.139. The maximum Gasteiger partial charge on any atom is 0.255 e. The molecule has 1 aliphatic rings. The van der Waals surface area contributed by atoms with Gasteiger partial charge in [0.25, 0.3) is 5.91 Å². The van der Waals surface area contributed by atoms with Crippen molar-refractivity contribution in [2.75, 3.05) is 23.3 Å². The second kappa shape index (κ2) is 11.4. The van der Waals surface area contributed by atoms with Gasteiger partial charge in [0.05, 0.1) is 0 Å². The summed E-state index contributed by atoms with van der Waals surface area (Å²) in [6.45, 7) is 10.7. The topological polar surface area (TPSA) is 71.0 Å². The fourth-order valence-corrected chi connectivity index (χ4v) is 5.03. The van der Waals surface area contributed by atoms with Crippen molar-refractivity contribution in [2.24, 2.45) is 0 Å². The van der Waals surface area contributed by atoms with Gasteiger partial charge in [-0.3, -0.25) is 4.79 Å². The molecule has 200 valence electrons. The Hall–Kier alpha value is -4.06. The molecule has 1 aromatic heterocycles. The molecule has 0 bridgehead atoms. The third-order valence-electron chi connectivity index (χ3n) is 7.48. The van der Waals surface area contributed by atoms with Crippen molar-refractivity contribution in [1.29, 1.82) is 0 Å². The molecule has 3 aromatic carbocycles. The first-order chi connectivity index (χ1) is 18.8. The highest BCUT2D eigenvalue weighted by molar-refractivity contribution is 6.05. The standard InChI is InChI=1S/C33H37N5O/c1-23-28(9-8-10-29(23)36-32(39)25-13-15-26(16-14-25)33(2,3)4)31-35-22-34-30(37-31)21-24-11-17-27(18-12-24)38-19-6-5-7-20-38/h8-18,22H,5-7,19-21H2,1-4H3,(H,36,39). The lowest BCUT2D eigenvalue weighted by Gasteiger charge is -2.28. The van der Waals surface area contributed by atoms with Crippen molar-refractivity contribution >= 4 is 17.3 Å². The monoisotopic (exact) mass is 519 g/mol. The molecular weight excluding hydrogens is 482 g/mol. The van der Waals surface area contributed by atoms with Crippen molar-refractivity contribution in [3.05, 3.63) is 101 Å². The van der Waals surface area contributed by atoms with Crippen LogP contribution in [0, 0.1) is 6.92 Å². The summed E-state index contributed by atoms with van der Waals surface area (Å²) >= 11 is 0. The summed E-state index contributed by atoms with van der Waals surface area (Å²) in [4.78, 5) is 29.1. The normalized spacial score (nSPS) is 13.8. The second-order valence-corrected chi connectivity index (χ2v) is 11.4. The van der Waals surface area contributed by atoms with Crippen LogP contribution in [0.15, 0.2) is 73.1 Å². The van der Waals surface area contributed by atoms with Crippen molar-refractivity contribution in [3.63, 3.8) is 0 Å². The Morgan fingerprint density at radius 1 is 0.897 bits per heavy atom. The highest BCUT2D eigenvalue weighted by Gasteiger charge is 2.16. The minimum Gasteiger partial charge on any atom is -0.372 e. The van der Waals surface area contributed by atoms with Crippen LogP contribution >= 0.6 is 0 Å². The lowest BCUT2D eigenvalue weighted by atomic mass is 9.86. The van der Waals surface area contributed by atoms with Crippen LogP contribution in [-0.2, 0) is 11.8 Å². The number of benzene rings is 3. The van der Waals surface area contributed by atoms with Gasteiger partial charge in [0.15, 0.2) is 5.82 Å². The summed E-state index contributed by atoms with van der Waals surface area (Å²) in [5.74, 6) is 1.19. The third-order valence-corrected chi connectivity index (χ3v) is 7.48. The molecule has 0 radical (unpaired) electrons. The number of nitrogens with zero attached hydrogens (tertiary/aromatic N) is 4. The number of anilines is 2. The van der Waals surface area contributed by atoms with Gasteiger partial charge in [-0.15, -0.1) is 0 Å². The Balaban J connectivity index is 1.30. The van der Waals surface area contributed by atoms with Gasteiger partial charge in [-0.05, 0) is 78.6 Å². The molecule has 6 nitrogen and oxygen atoms in total. The van der Waals surface area contributed by atoms with Gasteiger partial charge in [0, 0.05) is 42.0 Å². The maximum absolute atomic E-state index is 13.0. The number of aromatic nitrogens is 3. The van der Waals surface area contributed by atoms with E-state index in [0.717, 1.165) is 35.7 Å². The highest BCUT2D eigenvalue weighted by atomic mass is 16.1. The van der Waals surface area contributed by atoms with Gasteiger partial charge in [-0.25, -0.2) is 15.0 Å². The zero-order valence-electron chi connectivity index (χ0n) is 23.4. The summed E-state index contributed by atoms with van der Waals surface area (Å²) in [5.41, 5.74) is 6.85. The molecule has 1 N–H and O–H groups in total. The van der Waals surface area contributed by atoms with Crippen molar-refractivity contribution in [2.45, 2.75) is 58.8 Å². The molecule has 0 aliphatic carbocycles. The summed E-state index contributed by atoms with van der Waals surface area (Å²) in [7, 11) is 0. The van der Waals surface area contributed by atoms with E-state index in [-0.39, 0.29) is 11.3 Å². The molecule has 1 fully saturated rings. The van der Waals surface area contributed by atoms with Gasteiger partial charge >= 0.3 is 0 Å². The van der Waals surface area contributed by atoms with Crippen LogP contribution in [0.5, 0.6) is 0 Å². The van der Waals surface area contributed by atoms with Crippen molar-refractivity contribution < 1.29 is 4.79 Å². The highest BCUT2D eigenvalue weighted by Crippen LogP contribution is 2.28. The molecule has 0 saturated carbocycles. The smallest absolute Gasteiger partial charge is 0.255 e. The fraction of sp³-hybridized carbons (Fsp3) is 0.333. The van der Waals surface area contributed by atoms with Gasteiger partial charge < -0.3 is 10.2 Å². The molecule has 0 unspecified atom stereocenters. The summed E-state index contributed by atoms with van der Waals surface area (Å²) in [6.07, 6.45) is 6.07. The second-order valence-electron chi connectivity index (χ2n) is 11.4. The van der Waals surface area contributed by atoms with E-state index >= 15 is 0 Å². The first-order valence-electron chi connectivity index (χ1n) is 13.8. The number of rotatable bonds is 6. The summed E-state index contributed by atoms with van der Waals surface area (Å²) in [5, 5.41) is 3.07. The van der Waals surface area contributed by atoms with Gasteiger partial charge in [0.2, 0.25) is 0 Å². The van der Waals surface area contributed by atoms with E-state index in [1.165, 1.54) is 36.1 Å². The number of nitrogens with one attached hydrogen (secondary N) is 1. The summed E-state index contributed by atoms with van der Waals surface area (Å²) in [6, 6.07) is 22.4. The minimum absolute atomic E-state index is 0.0415. The quantitative estimate of drug-likeness (QED) is 0.298. The van der Waals surface area contributed by atoms with Crippen LogP contribution in [0.4, 0.5) is 11.4 Å². The molecule has 1 aliphatic heterocycles. The molecule has 1 amide bonds. The van der Waals surface area contributed by atoms with Crippen LogP contribution in [0.3, 0.4) is 0 Å². The number of hydrogen-bond donors (Lipinski definition) is 1. The zero-order valence-corrected chi connectivity index (χ0v) is 23.4. The maximum atomic E-state index is 13.0. The molecule has 0 spiro atoms. The molecule has 2 heterocycles. The van der Waals surface area contributed by atoms with Gasteiger partial charge in [-0.1, -0.05) is 57.2 Å². The molecule has 39 heavy (non-hydrogen) atoms. The van der Waals surface area contributed by atoms with Crippen LogP contribution < -0.4 is 10.2 Å². The lowest BCUT2D eigenvalue weighted by Crippen LogP contribution is -2.29. The average molecular weight is 520 g/mol. The molecule has 5 rings (SSSR count). The SMILES string of the molecule is Cc1c(NC(=O)c2ccc(C(C)(C)C)cc2)cccc1-c1ncnc(Cc2ccc(N3CCCCC3)cc2)n1. The first kappa shape index (κ1) is 26.5. The number of hydrogen-bond acceptors (Lipinski definition) is 5. The first-order valence-corrected chi connectivity index (χ1v) is 13.8. The van der Waals surface area contributed by atoms with Crippen molar-refractivity contribution in [1.82, 2.24) is 15.0 Å². The van der Waals surface area contributed by atoms with E-state index < -0.39 is 0 Å². The zero-order chi connectivity index (χ0) is 27.4. The number of carbonyl (C=O) groups is 1. The fourth-order valence-electron chi connectivity index (χ4n) is 5.03. The van der Waals surface area contributed by atoms with Gasteiger partial charge in [0.1, 0.15) is 12.2 Å². The Kier molecular flexibility index (Phi) is 7.73. The largest absolute Gasteiger partial charge is 0.372 e. The van der Waals surface area contributed by atoms with Crippen LogP contribution in [-0.4, -0.2) is 33.9 Å². The molecule has 4 aromatic rings. The summed E-state index contributed by atoms with van der Waals surface area (Å²) < 4.78 is 0. The van der Waals surface area contributed by atoms with Crippen LogP contribution in [0.1, 0.15) is 72.9 Å². The van der Waals surface area contributed by atoms with E-state index in [0.29, 0.717) is 17.8 Å². The number of piperidine rings is 1. The van der Waals surface area contributed by atoms with E-state index in [9.17, 15) is 4.79 Å². The average Bonchev–Trinajstić information content (AvgIpc) is 2.95. The molecule has 0 atom stereocenters. The number of amides is 1. The predicted octanol–water partition coefficient (Wildman–Crippen LogP) is 6.98. The van der Waals surface area contributed by atoms with E-state index in [2.05, 4.69) is 65.2 Å².